The van der Waals surface area contributed by atoms with Crippen LogP contribution in [-0.2, 0) is 6.42 Å². The van der Waals surface area contributed by atoms with E-state index in [1.165, 1.54) is 17.4 Å². The van der Waals surface area contributed by atoms with E-state index in [1.807, 2.05) is 15.8 Å². The van der Waals surface area contributed by atoms with Gasteiger partial charge in [-0.2, -0.15) is 0 Å². The maximum atomic E-state index is 10.9. The lowest BCUT2D eigenvalue weighted by Crippen LogP contribution is -2.06. The zero-order chi connectivity index (χ0) is 14.1. The van der Waals surface area contributed by atoms with Crippen LogP contribution < -0.4 is 5.73 Å². The van der Waals surface area contributed by atoms with Crippen molar-refractivity contribution < 1.29 is 4.92 Å². The molecule has 0 saturated carbocycles. The minimum absolute atomic E-state index is 0.0651. The van der Waals surface area contributed by atoms with Gasteiger partial charge >= 0.3 is 0 Å². The first-order valence-electron chi connectivity index (χ1n) is 5.97. The predicted octanol–water partition coefficient (Wildman–Crippen LogP) is 1.87. The number of nitrogens with zero attached hydrogens (tertiary/aromatic N) is 4. The molecule has 20 heavy (non-hydrogen) atoms. The highest BCUT2D eigenvalue weighted by Crippen LogP contribution is 2.28. The summed E-state index contributed by atoms with van der Waals surface area (Å²) in [6.07, 6.45) is 0.611. The number of nitro groups is 1. The quantitative estimate of drug-likeness (QED) is 0.584. The van der Waals surface area contributed by atoms with Crippen LogP contribution in [0.4, 0.5) is 5.69 Å². The van der Waals surface area contributed by atoms with Gasteiger partial charge < -0.3 is 5.73 Å². The van der Waals surface area contributed by atoms with Crippen molar-refractivity contribution in [3.8, 4) is 11.3 Å². The molecule has 2 heterocycles. The van der Waals surface area contributed by atoms with Crippen molar-refractivity contribution in [1.82, 2.24) is 14.6 Å². The van der Waals surface area contributed by atoms with Crippen LogP contribution in [0.1, 0.15) is 5.82 Å². The van der Waals surface area contributed by atoms with E-state index in [0.717, 1.165) is 22.0 Å². The van der Waals surface area contributed by atoms with Gasteiger partial charge in [-0.3, -0.25) is 14.5 Å². The van der Waals surface area contributed by atoms with E-state index in [0.29, 0.717) is 13.0 Å². The standard InChI is InChI=1S/C12H11N5O2S/c13-5-4-11-14-15-12-16(11)10(7-20-12)8-2-1-3-9(6-8)17(18)19/h1-3,6-7H,4-5,13H2. The number of aromatic nitrogens is 3. The second-order valence-electron chi connectivity index (χ2n) is 4.20. The summed E-state index contributed by atoms with van der Waals surface area (Å²) in [7, 11) is 0. The molecule has 2 aromatic heterocycles. The Kier molecular flexibility index (Phi) is 3.17. The fraction of sp³-hybridized carbons (Fsp3) is 0.167. The van der Waals surface area contributed by atoms with Crippen LogP contribution in [0, 0.1) is 10.1 Å². The molecule has 2 N–H and O–H groups in total. The lowest BCUT2D eigenvalue weighted by molar-refractivity contribution is -0.384. The zero-order valence-electron chi connectivity index (χ0n) is 10.4. The first kappa shape index (κ1) is 12.7. The van der Waals surface area contributed by atoms with Crippen LogP contribution in [0.2, 0.25) is 0 Å². The maximum Gasteiger partial charge on any atom is 0.270 e. The van der Waals surface area contributed by atoms with Crippen LogP contribution >= 0.6 is 11.3 Å². The predicted molar refractivity (Wildman–Crippen MR) is 75.7 cm³/mol. The molecule has 0 aliphatic carbocycles. The molecule has 7 nitrogen and oxygen atoms in total. The van der Waals surface area contributed by atoms with Gasteiger partial charge in [-0.25, -0.2) is 0 Å². The minimum atomic E-state index is -0.403. The number of hydrogen-bond acceptors (Lipinski definition) is 6. The Hall–Kier alpha value is -2.32. The lowest BCUT2D eigenvalue weighted by Gasteiger charge is -2.02. The largest absolute Gasteiger partial charge is 0.330 e. The van der Waals surface area contributed by atoms with Gasteiger partial charge in [-0.15, -0.1) is 21.5 Å². The molecule has 1 aromatic carbocycles. The Morgan fingerprint density at radius 1 is 1.40 bits per heavy atom. The topological polar surface area (TPSA) is 99.3 Å². The summed E-state index contributed by atoms with van der Waals surface area (Å²) in [6, 6.07) is 6.53. The molecular weight excluding hydrogens is 278 g/mol. The summed E-state index contributed by atoms with van der Waals surface area (Å²) < 4.78 is 1.90. The Balaban J connectivity index is 2.16. The van der Waals surface area contributed by atoms with Gasteiger partial charge in [0.15, 0.2) is 0 Å². The minimum Gasteiger partial charge on any atom is -0.330 e. The van der Waals surface area contributed by atoms with Gasteiger partial charge in [0, 0.05) is 29.5 Å². The Morgan fingerprint density at radius 3 is 3.00 bits per heavy atom. The van der Waals surface area contributed by atoms with E-state index in [-0.39, 0.29) is 5.69 Å². The summed E-state index contributed by atoms with van der Waals surface area (Å²) in [5, 5.41) is 21.0. The normalized spacial score (nSPS) is 11.1. The van der Waals surface area contributed by atoms with Gasteiger partial charge in [0.25, 0.3) is 5.69 Å². The SMILES string of the molecule is NCCc1nnc2scc(-c3cccc([N+](=O)[O-])c3)n12. The molecular formula is C12H11N5O2S. The van der Waals surface area contributed by atoms with E-state index in [2.05, 4.69) is 10.2 Å². The molecule has 0 spiro atoms. The van der Waals surface area contributed by atoms with Crippen molar-refractivity contribution in [1.29, 1.82) is 0 Å². The third kappa shape index (κ3) is 2.04. The van der Waals surface area contributed by atoms with E-state index < -0.39 is 4.92 Å². The molecule has 0 atom stereocenters. The molecule has 3 aromatic rings. The molecule has 0 aliphatic heterocycles. The second kappa shape index (κ2) is 4.99. The number of rotatable bonds is 4. The highest BCUT2D eigenvalue weighted by molar-refractivity contribution is 7.15. The van der Waals surface area contributed by atoms with Gasteiger partial charge in [0.2, 0.25) is 4.96 Å². The van der Waals surface area contributed by atoms with Crippen LogP contribution in [0.15, 0.2) is 29.6 Å². The third-order valence-corrected chi connectivity index (χ3v) is 3.75. The number of nitro benzene ring substituents is 1. The smallest absolute Gasteiger partial charge is 0.270 e. The number of hydrogen-bond donors (Lipinski definition) is 1. The van der Waals surface area contributed by atoms with Crippen LogP contribution in [0.3, 0.4) is 0 Å². The highest BCUT2D eigenvalue weighted by atomic mass is 32.1. The third-order valence-electron chi connectivity index (χ3n) is 2.94. The molecule has 0 radical (unpaired) electrons. The first-order valence-corrected chi connectivity index (χ1v) is 6.85. The van der Waals surface area contributed by atoms with Crippen molar-refractivity contribution in [3.05, 3.63) is 45.6 Å². The van der Waals surface area contributed by atoms with Crippen molar-refractivity contribution in [2.24, 2.45) is 5.73 Å². The van der Waals surface area contributed by atoms with Crippen LogP contribution in [0.5, 0.6) is 0 Å². The number of nitrogens with two attached hydrogens (primary N) is 1. The highest BCUT2D eigenvalue weighted by Gasteiger charge is 2.15. The average Bonchev–Trinajstić information content (AvgIpc) is 3.02. The van der Waals surface area contributed by atoms with Crippen molar-refractivity contribution in [3.63, 3.8) is 0 Å². The Morgan fingerprint density at radius 2 is 2.25 bits per heavy atom. The molecule has 102 valence electrons. The number of fused-ring (bicyclic) bond motifs is 1. The molecule has 3 rings (SSSR count). The summed E-state index contributed by atoms with van der Waals surface area (Å²) >= 11 is 1.45. The fourth-order valence-corrected chi connectivity index (χ4v) is 2.90. The van der Waals surface area contributed by atoms with Gasteiger partial charge in [0.05, 0.1) is 10.6 Å². The fourth-order valence-electron chi connectivity index (χ4n) is 2.05. The molecule has 0 saturated heterocycles. The molecule has 0 unspecified atom stereocenters. The summed E-state index contributed by atoms with van der Waals surface area (Å²) in [6.45, 7) is 0.477. The molecule has 0 amide bonds. The summed E-state index contributed by atoms with van der Waals surface area (Å²) in [5.41, 5.74) is 7.25. The van der Waals surface area contributed by atoms with Gasteiger partial charge in [-0.1, -0.05) is 12.1 Å². The van der Waals surface area contributed by atoms with E-state index in [9.17, 15) is 10.1 Å². The van der Waals surface area contributed by atoms with Crippen LogP contribution in [0.25, 0.3) is 16.2 Å². The van der Waals surface area contributed by atoms with E-state index in [4.69, 9.17) is 5.73 Å². The number of benzene rings is 1. The van der Waals surface area contributed by atoms with Gasteiger partial charge in [0.1, 0.15) is 5.82 Å². The first-order chi connectivity index (χ1) is 9.70. The monoisotopic (exact) mass is 289 g/mol. The van der Waals surface area contributed by atoms with Crippen LogP contribution in [-0.4, -0.2) is 26.1 Å². The zero-order valence-corrected chi connectivity index (χ0v) is 11.2. The molecule has 0 aliphatic rings. The van der Waals surface area contributed by atoms with Gasteiger partial charge in [-0.05, 0) is 6.54 Å². The van der Waals surface area contributed by atoms with Crippen molar-refractivity contribution in [2.45, 2.75) is 6.42 Å². The average molecular weight is 289 g/mol. The Labute approximate surface area is 117 Å². The molecule has 0 fully saturated rings. The molecule has 0 bridgehead atoms. The van der Waals surface area contributed by atoms with Crippen molar-refractivity contribution in [2.75, 3.05) is 6.54 Å². The number of non-ortho nitro benzene ring substituents is 1. The summed E-state index contributed by atoms with van der Waals surface area (Å²) in [4.78, 5) is 11.2. The van der Waals surface area contributed by atoms with E-state index >= 15 is 0 Å². The maximum absolute atomic E-state index is 10.9. The molecule has 8 heteroatoms. The summed E-state index contributed by atoms with van der Waals surface area (Å²) in [5.74, 6) is 0.769. The Bertz CT molecular complexity index is 779. The second-order valence-corrected chi connectivity index (χ2v) is 5.04. The van der Waals surface area contributed by atoms with Crippen molar-refractivity contribution >= 4 is 22.0 Å². The lowest BCUT2D eigenvalue weighted by atomic mass is 10.1. The van der Waals surface area contributed by atoms with E-state index in [1.54, 1.807) is 12.1 Å². The number of thiazole rings is 1.